The fraction of sp³-hybridized carbons (Fsp3) is 0.571. The normalized spacial score (nSPS) is 22.8. The maximum Gasteiger partial charge on any atom is 0.293 e. The van der Waals surface area contributed by atoms with E-state index in [0.717, 1.165) is 11.4 Å². The standard InChI is InChI=1S/C14H19N5O2/c1-8-7-18(5-4-11(8)20)13(21)12-16-14-15-9(2)6-10(3)19(14)17-12/h6,8,11,20H,4-5,7H2,1-3H3. The number of amides is 1. The van der Waals surface area contributed by atoms with Gasteiger partial charge in [-0.15, -0.1) is 5.10 Å². The van der Waals surface area contributed by atoms with Crippen LogP contribution in [0.3, 0.4) is 0 Å². The third-order valence-corrected chi connectivity index (χ3v) is 3.96. The molecule has 1 aliphatic heterocycles. The highest BCUT2D eigenvalue weighted by molar-refractivity contribution is 5.91. The van der Waals surface area contributed by atoms with Gasteiger partial charge in [-0.05, 0) is 32.3 Å². The number of carbonyl (C=O) groups is 1. The van der Waals surface area contributed by atoms with E-state index in [-0.39, 0.29) is 23.8 Å². The molecule has 2 atom stereocenters. The Balaban J connectivity index is 1.90. The second kappa shape index (κ2) is 5.07. The molecule has 1 N–H and O–H groups in total. The molecule has 1 amide bonds. The van der Waals surface area contributed by atoms with Crippen LogP contribution < -0.4 is 0 Å². The molecule has 0 aromatic carbocycles. The number of likely N-dealkylation sites (tertiary alicyclic amines) is 1. The lowest BCUT2D eigenvalue weighted by atomic mass is 9.97. The topological polar surface area (TPSA) is 83.6 Å². The summed E-state index contributed by atoms with van der Waals surface area (Å²) in [5.41, 5.74) is 1.74. The van der Waals surface area contributed by atoms with Crippen LogP contribution in [0, 0.1) is 19.8 Å². The Hall–Kier alpha value is -2.02. The van der Waals surface area contributed by atoms with Crippen LogP contribution in [-0.2, 0) is 0 Å². The van der Waals surface area contributed by atoms with Crippen LogP contribution in [0.1, 0.15) is 35.4 Å². The minimum atomic E-state index is -0.338. The molecule has 0 spiro atoms. The Bertz CT molecular complexity index is 696. The van der Waals surface area contributed by atoms with Crippen LogP contribution in [0.15, 0.2) is 6.07 Å². The molecular formula is C14H19N5O2. The van der Waals surface area contributed by atoms with E-state index >= 15 is 0 Å². The van der Waals surface area contributed by atoms with Crippen molar-refractivity contribution in [1.82, 2.24) is 24.5 Å². The van der Waals surface area contributed by atoms with Crippen molar-refractivity contribution in [3.05, 3.63) is 23.3 Å². The molecule has 3 heterocycles. The first-order valence-corrected chi connectivity index (χ1v) is 7.14. The van der Waals surface area contributed by atoms with Crippen molar-refractivity contribution in [3.8, 4) is 0 Å². The molecule has 3 rings (SSSR count). The molecule has 2 aromatic heterocycles. The molecule has 1 aliphatic rings. The van der Waals surface area contributed by atoms with Crippen LogP contribution >= 0.6 is 0 Å². The molecule has 21 heavy (non-hydrogen) atoms. The first-order valence-electron chi connectivity index (χ1n) is 7.14. The quantitative estimate of drug-likeness (QED) is 0.830. The lowest BCUT2D eigenvalue weighted by Crippen LogP contribution is -2.45. The van der Waals surface area contributed by atoms with Gasteiger partial charge < -0.3 is 10.0 Å². The average molecular weight is 289 g/mol. The van der Waals surface area contributed by atoms with Gasteiger partial charge in [0.25, 0.3) is 11.7 Å². The average Bonchev–Trinajstić information content (AvgIpc) is 2.85. The highest BCUT2D eigenvalue weighted by atomic mass is 16.3. The molecule has 7 heteroatoms. The monoisotopic (exact) mass is 289 g/mol. The van der Waals surface area contributed by atoms with E-state index < -0.39 is 0 Å². The zero-order valence-electron chi connectivity index (χ0n) is 12.4. The van der Waals surface area contributed by atoms with Gasteiger partial charge in [-0.25, -0.2) is 9.50 Å². The first kappa shape index (κ1) is 13.9. The van der Waals surface area contributed by atoms with Crippen molar-refractivity contribution >= 4 is 11.7 Å². The Morgan fingerprint density at radius 3 is 2.86 bits per heavy atom. The van der Waals surface area contributed by atoms with Gasteiger partial charge in [0.05, 0.1) is 6.10 Å². The number of hydrogen-bond donors (Lipinski definition) is 1. The van der Waals surface area contributed by atoms with Crippen LogP contribution in [0.4, 0.5) is 0 Å². The number of aliphatic hydroxyl groups is 1. The molecule has 2 aromatic rings. The van der Waals surface area contributed by atoms with E-state index in [0.29, 0.717) is 25.3 Å². The van der Waals surface area contributed by atoms with E-state index in [4.69, 9.17) is 0 Å². The molecule has 0 saturated carbocycles. The third kappa shape index (κ3) is 2.49. The minimum absolute atomic E-state index is 0.0711. The summed E-state index contributed by atoms with van der Waals surface area (Å²) in [6, 6.07) is 1.90. The Kier molecular flexibility index (Phi) is 3.36. The number of rotatable bonds is 1. The number of hydrogen-bond acceptors (Lipinski definition) is 5. The number of fused-ring (bicyclic) bond motifs is 1. The lowest BCUT2D eigenvalue weighted by molar-refractivity contribution is 0.0290. The third-order valence-electron chi connectivity index (χ3n) is 3.96. The molecular weight excluding hydrogens is 270 g/mol. The Labute approximate surface area is 122 Å². The van der Waals surface area contributed by atoms with E-state index in [9.17, 15) is 9.90 Å². The van der Waals surface area contributed by atoms with Gasteiger partial charge in [0.1, 0.15) is 0 Å². The number of aryl methyl sites for hydroxylation is 2. The predicted molar refractivity (Wildman–Crippen MR) is 75.9 cm³/mol. The Morgan fingerprint density at radius 2 is 2.14 bits per heavy atom. The number of aliphatic hydroxyl groups excluding tert-OH is 1. The first-order chi connectivity index (χ1) is 9.95. The highest BCUT2D eigenvalue weighted by Gasteiger charge is 2.29. The summed E-state index contributed by atoms with van der Waals surface area (Å²) in [7, 11) is 0. The maximum atomic E-state index is 12.5. The zero-order valence-corrected chi connectivity index (χ0v) is 12.4. The van der Waals surface area contributed by atoms with E-state index in [1.54, 1.807) is 9.42 Å². The number of nitrogens with zero attached hydrogens (tertiary/aromatic N) is 5. The molecule has 7 nitrogen and oxygen atoms in total. The summed E-state index contributed by atoms with van der Waals surface area (Å²) in [6.07, 6.45) is 0.256. The Morgan fingerprint density at radius 1 is 1.38 bits per heavy atom. The second-order valence-corrected chi connectivity index (χ2v) is 5.77. The van der Waals surface area contributed by atoms with Gasteiger partial charge >= 0.3 is 0 Å². The van der Waals surface area contributed by atoms with Crippen LogP contribution in [0.2, 0.25) is 0 Å². The zero-order chi connectivity index (χ0) is 15.1. The van der Waals surface area contributed by atoms with Crippen molar-refractivity contribution in [1.29, 1.82) is 0 Å². The summed E-state index contributed by atoms with van der Waals surface area (Å²) in [5.74, 6) is 0.485. The maximum absolute atomic E-state index is 12.5. The summed E-state index contributed by atoms with van der Waals surface area (Å²) in [4.78, 5) is 22.7. The molecule has 0 aliphatic carbocycles. The fourth-order valence-corrected chi connectivity index (χ4v) is 2.72. The van der Waals surface area contributed by atoms with Crippen molar-refractivity contribution in [2.75, 3.05) is 13.1 Å². The molecule has 1 saturated heterocycles. The van der Waals surface area contributed by atoms with Gasteiger partial charge in [-0.1, -0.05) is 6.92 Å². The van der Waals surface area contributed by atoms with Gasteiger partial charge in [0.15, 0.2) is 0 Å². The SMILES string of the molecule is Cc1cc(C)n2nc(C(=O)N3CCC(O)C(C)C3)nc2n1. The van der Waals surface area contributed by atoms with E-state index in [1.807, 2.05) is 26.8 Å². The van der Waals surface area contributed by atoms with Gasteiger partial charge in [-0.2, -0.15) is 4.98 Å². The molecule has 2 unspecified atom stereocenters. The van der Waals surface area contributed by atoms with Gasteiger partial charge in [-0.3, -0.25) is 4.79 Å². The van der Waals surface area contributed by atoms with Crippen LogP contribution in [0.5, 0.6) is 0 Å². The molecule has 112 valence electrons. The van der Waals surface area contributed by atoms with E-state index in [2.05, 4.69) is 15.1 Å². The lowest BCUT2D eigenvalue weighted by Gasteiger charge is -2.33. The van der Waals surface area contributed by atoms with E-state index in [1.165, 1.54) is 0 Å². The highest BCUT2D eigenvalue weighted by Crippen LogP contribution is 2.18. The summed E-state index contributed by atoms with van der Waals surface area (Å²) < 4.78 is 1.59. The predicted octanol–water partition coefficient (Wildman–Crippen LogP) is 0.584. The summed E-state index contributed by atoms with van der Waals surface area (Å²) in [5, 5.41) is 14.0. The van der Waals surface area contributed by atoms with Gasteiger partial charge in [0, 0.05) is 24.5 Å². The van der Waals surface area contributed by atoms with Crippen molar-refractivity contribution < 1.29 is 9.90 Å². The summed E-state index contributed by atoms with van der Waals surface area (Å²) in [6.45, 7) is 6.80. The van der Waals surface area contributed by atoms with Crippen LogP contribution in [-0.4, -0.2) is 54.7 Å². The van der Waals surface area contributed by atoms with Crippen molar-refractivity contribution in [3.63, 3.8) is 0 Å². The molecule has 0 bridgehead atoms. The molecule has 0 radical (unpaired) electrons. The van der Waals surface area contributed by atoms with Gasteiger partial charge in [0.2, 0.25) is 5.82 Å². The summed E-state index contributed by atoms with van der Waals surface area (Å²) >= 11 is 0. The molecule has 1 fully saturated rings. The van der Waals surface area contributed by atoms with Crippen LogP contribution in [0.25, 0.3) is 5.78 Å². The van der Waals surface area contributed by atoms with Crippen molar-refractivity contribution in [2.45, 2.75) is 33.3 Å². The van der Waals surface area contributed by atoms with Crippen molar-refractivity contribution in [2.24, 2.45) is 5.92 Å². The fourth-order valence-electron chi connectivity index (χ4n) is 2.72. The number of aromatic nitrogens is 4. The number of piperidine rings is 1. The smallest absolute Gasteiger partial charge is 0.293 e. The minimum Gasteiger partial charge on any atom is -0.393 e. The number of carbonyl (C=O) groups excluding carboxylic acids is 1. The largest absolute Gasteiger partial charge is 0.393 e. The second-order valence-electron chi connectivity index (χ2n) is 5.77.